The predicted octanol–water partition coefficient (Wildman–Crippen LogP) is 5.01. The summed E-state index contributed by atoms with van der Waals surface area (Å²) < 4.78 is 38.6. The van der Waals surface area contributed by atoms with Crippen molar-refractivity contribution in [2.45, 2.75) is 22.9 Å². The first kappa shape index (κ1) is 18.0. The molecule has 0 atom stereocenters. The number of carbonyl (C=O) groups excluding carboxylic acids is 2. The molecule has 2 heterocycles. The fourth-order valence-electron chi connectivity index (χ4n) is 2.69. The van der Waals surface area contributed by atoms with E-state index in [1.807, 2.05) is 25.1 Å². The molecule has 138 valence electrons. The molecule has 0 saturated heterocycles. The van der Waals surface area contributed by atoms with E-state index in [0.717, 1.165) is 34.4 Å². The normalized spacial score (nSPS) is 19.1. The fraction of sp³-hybridized carbons (Fsp3) is 0.111. The second kappa shape index (κ2) is 6.35. The summed E-state index contributed by atoms with van der Waals surface area (Å²) in [5, 5.41) is 5.22. The Balaban J connectivity index is 1.72. The molecule has 2 aliphatic rings. The minimum Gasteiger partial charge on any atom is -0.320 e. The maximum atomic E-state index is 12.9. The lowest BCUT2D eigenvalue weighted by molar-refractivity contribution is -0.137. The van der Waals surface area contributed by atoms with Crippen molar-refractivity contribution in [3.8, 4) is 0 Å². The van der Waals surface area contributed by atoms with E-state index in [1.165, 1.54) is 17.8 Å². The molecule has 0 fully saturated rings. The Morgan fingerprint density at radius 3 is 1.89 bits per heavy atom. The van der Waals surface area contributed by atoms with Gasteiger partial charge in [0.1, 0.15) is 0 Å². The number of hydrogen-bond donors (Lipinski definition) is 2. The van der Waals surface area contributed by atoms with Gasteiger partial charge < -0.3 is 10.6 Å². The fourth-order valence-corrected chi connectivity index (χ4v) is 4.75. The molecule has 2 aliphatic heterocycles. The lowest BCUT2D eigenvalue weighted by Crippen LogP contribution is -2.25. The Morgan fingerprint density at radius 1 is 0.815 bits per heavy atom. The molecular weight excluding hydrogens is 397 g/mol. The van der Waals surface area contributed by atoms with Gasteiger partial charge in [0.05, 0.1) is 26.7 Å². The molecule has 0 radical (unpaired) electrons. The number of hydrogen-bond acceptors (Lipinski definition) is 4. The number of alkyl halides is 3. The van der Waals surface area contributed by atoms with E-state index in [-0.39, 0.29) is 15.5 Å². The van der Waals surface area contributed by atoms with Crippen LogP contribution in [0.1, 0.15) is 11.1 Å². The van der Waals surface area contributed by atoms with Crippen LogP contribution in [0.15, 0.2) is 56.0 Å². The number of halogens is 3. The lowest BCUT2D eigenvalue weighted by atomic mass is 10.2. The molecule has 4 nitrogen and oxygen atoms in total. The van der Waals surface area contributed by atoms with Crippen molar-refractivity contribution in [1.29, 1.82) is 0 Å². The maximum absolute atomic E-state index is 12.9. The largest absolute Gasteiger partial charge is 0.416 e. The van der Waals surface area contributed by atoms with E-state index in [1.54, 1.807) is 0 Å². The van der Waals surface area contributed by atoms with Crippen molar-refractivity contribution < 1.29 is 22.8 Å². The van der Waals surface area contributed by atoms with Gasteiger partial charge >= 0.3 is 6.18 Å². The summed E-state index contributed by atoms with van der Waals surface area (Å²) in [7, 11) is 0. The third-order valence-corrected chi connectivity index (χ3v) is 6.45. The third kappa shape index (κ3) is 3.32. The van der Waals surface area contributed by atoms with Gasteiger partial charge in [-0.3, -0.25) is 9.59 Å². The zero-order valence-corrected chi connectivity index (χ0v) is 15.4. The van der Waals surface area contributed by atoms with E-state index in [4.69, 9.17) is 0 Å². The molecule has 0 unspecified atom stereocenters. The lowest BCUT2D eigenvalue weighted by Gasteiger charge is -2.25. The Bertz CT molecular complexity index is 1030. The summed E-state index contributed by atoms with van der Waals surface area (Å²) in [6.07, 6.45) is -4.50. The van der Waals surface area contributed by atoms with Gasteiger partial charge in [0, 0.05) is 9.79 Å². The molecular formula is C18H11F3N2O2S2. The van der Waals surface area contributed by atoms with Crippen molar-refractivity contribution in [3.05, 3.63) is 57.3 Å². The topological polar surface area (TPSA) is 58.2 Å². The first-order valence-corrected chi connectivity index (χ1v) is 9.40. The van der Waals surface area contributed by atoms with Gasteiger partial charge in [0.25, 0.3) is 11.8 Å². The Hall–Kier alpha value is -2.39. The molecule has 0 bridgehead atoms. The molecule has 0 aliphatic carbocycles. The number of amides is 2. The summed E-state index contributed by atoms with van der Waals surface area (Å²) >= 11 is 2.16. The number of thioether (sulfide) groups is 2. The van der Waals surface area contributed by atoms with Crippen LogP contribution < -0.4 is 10.6 Å². The molecule has 0 spiro atoms. The average molecular weight is 408 g/mol. The van der Waals surface area contributed by atoms with E-state index >= 15 is 0 Å². The number of rotatable bonds is 0. The number of benzene rings is 2. The van der Waals surface area contributed by atoms with Crippen molar-refractivity contribution in [2.75, 3.05) is 10.6 Å². The van der Waals surface area contributed by atoms with Gasteiger partial charge in [0.2, 0.25) is 0 Å². The highest BCUT2D eigenvalue weighted by Gasteiger charge is 2.34. The van der Waals surface area contributed by atoms with E-state index in [2.05, 4.69) is 10.6 Å². The van der Waals surface area contributed by atoms with Crippen LogP contribution in [0.3, 0.4) is 0 Å². The summed E-state index contributed by atoms with van der Waals surface area (Å²) in [6, 6.07) is 8.73. The summed E-state index contributed by atoms with van der Waals surface area (Å²) in [6.45, 7) is 1.90. The van der Waals surface area contributed by atoms with Crippen LogP contribution >= 0.6 is 23.5 Å². The first-order chi connectivity index (χ1) is 12.7. The smallest absolute Gasteiger partial charge is 0.320 e. The van der Waals surface area contributed by atoms with Gasteiger partial charge in [-0.1, -0.05) is 29.6 Å². The van der Waals surface area contributed by atoms with Gasteiger partial charge in [-0.2, -0.15) is 13.2 Å². The third-order valence-electron chi connectivity index (χ3n) is 3.98. The van der Waals surface area contributed by atoms with Crippen molar-refractivity contribution >= 4 is 46.7 Å². The van der Waals surface area contributed by atoms with E-state index < -0.39 is 23.6 Å². The SMILES string of the molecule is Cc1ccc2c(c1)NC(=O)/C(=C1\Sc3ccc(C(F)(F)F)cc3NC1=O)S2. The number of carbonyl (C=O) groups is 2. The van der Waals surface area contributed by atoms with Crippen molar-refractivity contribution in [3.63, 3.8) is 0 Å². The Labute approximate surface area is 160 Å². The van der Waals surface area contributed by atoms with E-state index in [0.29, 0.717) is 10.6 Å². The van der Waals surface area contributed by atoms with Crippen molar-refractivity contribution in [1.82, 2.24) is 0 Å². The predicted molar refractivity (Wildman–Crippen MR) is 98.6 cm³/mol. The quantitative estimate of drug-likeness (QED) is 0.602. The second-order valence-corrected chi connectivity index (χ2v) is 8.08. The van der Waals surface area contributed by atoms with Crippen LogP contribution in [-0.2, 0) is 15.8 Å². The van der Waals surface area contributed by atoms with Crippen LogP contribution in [0.5, 0.6) is 0 Å². The number of nitrogens with one attached hydrogen (secondary N) is 2. The number of fused-ring (bicyclic) bond motifs is 2. The molecule has 0 aromatic heterocycles. The van der Waals surface area contributed by atoms with Gasteiger partial charge in [-0.15, -0.1) is 0 Å². The summed E-state index contributed by atoms with van der Waals surface area (Å²) in [5.41, 5.74) is 0.907. The Kier molecular flexibility index (Phi) is 4.23. The van der Waals surface area contributed by atoms with Crippen LogP contribution in [0, 0.1) is 6.92 Å². The average Bonchev–Trinajstić information content (AvgIpc) is 2.59. The van der Waals surface area contributed by atoms with Crippen LogP contribution in [0.2, 0.25) is 0 Å². The second-order valence-electron chi connectivity index (χ2n) is 5.98. The molecule has 2 amide bonds. The first-order valence-electron chi connectivity index (χ1n) is 7.77. The van der Waals surface area contributed by atoms with Crippen LogP contribution in [0.4, 0.5) is 24.5 Å². The number of aryl methyl sites for hydroxylation is 1. The molecule has 9 heteroatoms. The maximum Gasteiger partial charge on any atom is 0.416 e. The minimum absolute atomic E-state index is 0.0846. The molecule has 27 heavy (non-hydrogen) atoms. The zero-order chi connectivity index (χ0) is 19.3. The highest BCUT2D eigenvalue weighted by atomic mass is 32.2. The summed E-state index contributed by atoms with van der Waals surface area (Å²) in [4.78, 5) is 26.6. The van der Waals surface area contributed by atoms with E-state index in [9.17, 15) is 22.8 Å². The highest BCUT2D eigenvalue weighted by molar-refractivity contribution is 8.08. The van der Waals surface area contributed by atoms with Gasteiger partial charge in [-0.05, 0) is 42.8 Å². The van der Waals surface area contributed by atoms with Crippen molar-refractivity contribution in [2.24, 2.45) is 0 Å². The van der Waals surface area contributed by atoms with Crippen LogP contribution in [-0.4, -0.2) is 11.8 Å². The monoisotopic (exact) mass is 408 g/mol. The molecule has 0 saturated carbocycles. The molecule has 2 aromatic rings. The molecule has 2 aromatic carbocycles. The molecule has 2 N–H and O–H groups in total. The Morgan fingerprint density at radius 2 is 1.33 bits per heavy atom. The highest BCUT2D eigenvalue weighted by Crippen LogP contribution is 2.47. The minimum atomic E-state index is -4.50. The van der Waals surface area contributed by atoms with Gasteiger partial charge in [0.15, 0.2) is 0 Å². The summed E-state index contributed by atoms with van der Waals surface area (Å²) in [5.74, 6) is -1.01. The van der Waals surface area contributed by atoms with Crippen LogP contribution in [0.25, 0.3) is 0 Å². The standard InChI is InChI=1S/C18H11F3N2O2S2/c1-8-2-4-12-10(6-8)22-16(24)14(26-12)15-17(25)23-11-7-9(18(19,20)21)3-5-13(11)27-15/h2-7H,1H3,(H,22,24)(H,23,25)/b15-14+. The molecule has 4 rings (SSSR count). The number of anilines is 2. The zero-order valence-electron chi connectivity index (χ0n) is 13.7. The van der Waals surface area contributed by atoms with Gasteiger partial charge in [-0.25, -0.2) is 0 Å².